The topological polar surface area (TPSA) is 17.3 Å². The minimum absolute atomic E-state index is 0. The van der Waals surface area contributed by atoms with Crippen LogP contribution >= 0.6 is 0 Å². The van der Waals surface area contributed by atoms with Gasteiger partial charge in [-0.25, -0.2) is 0 Å². The van der Waals surface area contributed by atoms with Crippen molar-refractivity contribution in [1.29, 1.82) is 0 Å². The summed E-state index contributed by atoms with van der Waals surface area (Å²) in [4.78, 5) is 0. The van der Waals surface area contributed by atoms with Gasteiger partial charge in [0, 0.05) is 20.1 Å². The Bertz CT molecular complexity index is 566. The second-order valence-corrected chi connectivity index (χ2v) is 4.37. The molecule has 1 aliphatic heterocycles. The number of benzene rings is 2. The van der Waals surface area contributed by atoms with Crippen molar-refractivity contribution >= 4 is 5.69 Å². The van der Waals surface area contributed by atoms with Crippen LogP contribution in [0.1, 0.15) is 6.92 Å². The summed E-state index contributed by atoms with van der Waals surface area (Å²) in [6.45, 7) is 2.07. The molecule has 0 fully saturated rings. The van der Waals surface area contributed by atoms with E-state index in [9.17, 15) is 0 Å². The average molecular weight is 427 g/mol. The van der Waals surface area contributed by atoms with Crippen molar-refractivity contribution in [2.45, 2.75) is 13.0 Å². The second kappa shape index (κ2) is 6.16. The molecule has 0 saturated heterocycles. The Morgan fingerprint density at radius 2 is 1.89 bits per heavy atom. The van der Waals surface area contributed by atoms with Crippen molar-refractivity contribution in [1.82, 2.24) is 0 Å². The van der Waals surface area contributed by atoms with Gasteiger partial charge in [-0.05, 0) is 11.8 Å². The standard InChI is InChI=1S/C16H14N2.Ir/c1-13-10-11-18(17-13)16-9-5-8-15(12-16)14-6-3-2-4-7-14;/h2-8,10-13H,1H3;/q-2;. The van der Waals surface area contributed by atoms with Crippen LogP contribution in [0.2, 0.25) is 0 Å². The van der Waals surface area contributed by atoms with Crippen LogP contribution in [-0.4, -0.2) is 6.04 Å². The van der Waals surface area contributed by atoms with Crippen molar-refractivity contribution in [2.75, 3.05) is 5.01 Å². The van der Waals surface area contributed by atoms with Crippen LogP contribution in [-0.2, 0) is 20.1 Å². The largest absolute Gasteiger partial charge is 0.559 e. The summed E-state index contributed by atoms with van der Waals surface area (Å²) < 4.78 is 0. The van der Waals surface area contributed by atoms with Gasteiger partial charge in [0.2, 0.25) is 0 Å². The zero-order chi connectivity index (χ0) is 12.4. The zero-order valence-electron chi connectivity index (χ0n) is 10.6. The van der Waals surface area contributed by atoms with Crippen molar-refractivity contribution in [2.24, 2.45) is 0 Å². The van der Waals surface area contributed by atoms with Crippen LogP contribution in [0.4, 0.5) is 5.69 Å². The molecule has 0 amide bonds. The molecule has 0 aromatic heterocycles. The molecule has 2 aromatic carbocycles. The van der Waals surface area contributed by atoms with Gasteiger partial charge in [-0.3, -0.25) is 0 Å². The van der Waals surface area contributed by atoms with Crippen molar-refractivity contribution in [3.05, 3.63) is 72.3 Å². The van der Waals surface area contributed by atoms with Gasteiger partial charge < -0.3 is 10.4 Å². The first-order valence-corrected chi connectivity index (χ1v) is 6.08. The van der Waals surface area contributed by atoms with Crippen molar-refractivity contribution < 1.29 is 20.1 Å². The molecule has 2 nitrogen and oxygen atoms in total. The van der Waals surface area contributed by atoms with E-state index in [0.717, 1.165) is 5.69 Å². The van der Waals surface area contributed by atoms with E-state index in [1.165, 1.54) is 11.1 Å². The molecule has 0 saturated carbocycles. The van der Waals surface area contributed by atoms with Crippen LogP contribution in [0.3, 0.4) is 0 Å². The van der Waals surface area contributed by atoms with Gasteiger partial charge >= 0.3 is 0 Å². The molecule has 2 aromatic rings. The molecule has 0 bridgehead atoms. The van der Waals surface area contributed by atoms with Crippen LogP contribution in [0, 0.1) is 6.07 Å². The fraction of sp³-hybridized carbons (Fsp3) is 0.125. The maximum Gasteiger partial charge on any atom is 0 e. The Morgan fingerprint density at radius 1 is 1.11 bits per heavy atom. The smallest absolute Gasteiger partial charge is 0 e. The Hall–Kier alpha value is -1.41. The van der Waals surface area contributed by atoms with Gasteiger partial charge in [0.25, 0.3) is 0 Å². The molecular weight excluding hydrogens is 412 g/mol. The first-order chi connectivity index (χ1) is 8.83. The van der Waals surface area contributed by atoms with Crippen molar-refractivity contribution in [3.63, 3.8) is 0 Å². The molecule has 99 valence electrons. The van der Waals surface area contributed by atoms with Gasteiger partial charge in [0.1, 0.15) is 0 Å². The normalized spacial score (nSPS) is 17.3. The van der Waals surface area contributed by atoms with Crippen LogP contribution in [0.15, 0.2) is 60.8 Å². The molecule has 3 heteroatoms. The van der Waals surface area contributed by atoms with E-state index in [4.69, 9.17) is 0 Å². The SMILES string of the molecule is CC1C=CN(c2[c-]ccc(-c3ccccc3)c2)[N-]1.[Ir]. The third-order valence-corrected chi connectivity index (χ3v) is 2.95. The molecule has 0 aliphatic carbocycles. The number of nitrogens with zero attached hydrogens (tertiary/aromatic N) is 2. The van der Waals surface area contributed by atoms with Gasteiger partial charge in [-0.2, -0.15) is 18.2 Å². The summed E-state index contributed by atoms with van der Waals surface area (Å²) in [5.41, 5.74) is 7.87. The summed E-state index contributed by atoms with van der Waals surface area (Å²) in [5.74, 6) is 0. The molecule has 19 heavy (non-hydrogen) atoms. The molecule has 1 heterocycles. The molecule has 1 unspecified atom stereocenters. The van der Waals surface area contributed by atoms with Gasteiger partial charge in [0.05, 0.1) is 0 Å². The number of anilines is 1. The number of rotatable bonds is 2. The van der Waals surface area contributed by atoms with Gasteiger partial charge in [-0.1, -0.05) is 49.0 Å². The third-order valence-electron chi connectivity index (χ3n) is 2.95. The fourth-order valence-corrected chi connectivity index (χ4v) is 2.02. The fourth-order valence-electron chi connectivity index (χ4n) is 2.02. The minimum atomic E-state index is 0. The third kappa shape index (κ3) is 3.13. The molecule has 1 aliphatic rings. The summed E-state index contributed by atoms with van der Waals surface area (Å²) in [6.07, 6.45) is 4.06. The van der Waals surface area contributed by atoms with E-state index in [2.05, 4.69) is 48.8 Å². The van der Waals surface area contributed by atoms with Crippen molar-refractivity contribution in [3.8, 4) is 11.1 Å². The monoisotopic (exact) mass is 427 g/mol. The van der Waals surface area contributed by atoms with E-state index in [1.54, 1.807) is 0 Å². The Morgan fingerprint density at radius 3 is 2.58 bits per heavy atom. The Balaban J connectivity index is 0.00000133. The predicted molar refractivity (Wildman–Crippen MR) is 75.2 cm³/mol. The van der Waals surface area contributed by atoms with Crippen LogP contribution in [0.25, 0.3) is 16.6 Å². The van der Waals surface area contributed by atoms with Crippen LogP contribution < -0.4 is 5.01 Å². The summed E-state index contributed by atoms with van der Waals surface area (Å²) in [5, 5.41) is 1.89. The van der Waals surface area contributed by atoms with E-state index in [-0.39, 0.29) is 26.1 Å². The van der Waals surface area contributed by atoms with E-state index < -0.39 is 0 Å². The quantitative estimate of drug-likeness (QED) is 0.659. The molecule has 1 atom stereocenters. The van der Waals surface area contributed by atoms with Gasteiger partial charge in [0.15, 0.2) is 0 Å². The number of hydrogen-bond acceptors (Lipinski definition) is 1. The summed E-state index contributed by atoms with van der Waals surface area (Å²) in [6, 6.07) is 19.9. The zero-order valence-corrected chi connectivity index (χ0v) is 13.0. The Kier molecular flexibility index (Phi) is 4.54. The van der Waals surface area contributed by atoms with E-state index in [0.29, 0.717) is 0 Å². The van der Waals surface area contributed by atoms with Gasteiger partial charge in [-0.15, -0.1) is 17.7 Å². The number of hydrogen-bond donors (Lipinski definition) is 0. The molecular formula is C16H14IrN2-2. The Labute approximate surface area is 127 Å². The minimum Gasteiger partial charge on any atom is -0.559 e. The molecule has 0 spiro atoms. The summed E-state index contributed by atoms with van der Waals surface area (Å²) in [7, 11) is 0. The van der Waals surface area contributed by atoms with Crippen LogP contribution in [0.5, 0.6) is 0 Å². The molecule has 3 rings (SSSR count). The molecule has 0 N–H and O–H groups in total. The molecule has 1 radical (unpaired) electrons. The maximum atomic E-state index is 4.48. The second-order valence-electron chi connectivity index (χ2n) is 4.37. The van der Waals surface area contributed by atoms with E-state index in [1.807, 2.05) is 35.5 Å². The predicted octanol–water partition coefficient (Wildman–Crippen LogP) is 4.16. The maximum absolute atomic E-state index is 4.48. The average Bonchev–Trinajstić information content (AvgIpc) is 2.87. The van der Waals surface area contributed by atoms with E-state index >= 15 is 0 Å². The first-order valence-electron chi connectivity index (χ1n) is 6.08. The summed E-state index contributed by atoms with van der Waals surface area (Å²) >= 11 is 0. The first kappa shape index (κ1) is 14.0.